The molecule has 12 rings (SSSR count). The van der Waals surface area contributed by atoms with Crippen LogP contribution in [0.25, 0.3) is 88.6 Å². The average Bonchev–Trinajstić information content (AvgIpc) is 4.12. The van der Waals surface area contributed by atoms with Gasteiger partial charge in [0.05, 0.1) is 33.5 Å². The second-order valence-corrected chi connectivity index (χ2v) is 19.5. The predicted molar refractivity (Wildman–Crippen MR) is 288 cm³/mol. The Kier molecular flexibility index (Phi) is 12.1. The highest BCUT2D eigenvalue weighted by atomic mass is 19.4. The number of benzene rings is 9. The van der Waals surface area contributed by atoms with Crippen LogP contribution in [0.3, 0.4) is 0 Å². The molecule has 0 amide bonds. The van der Waals surface area contributed by atoms with Crippen LogP contribution in [0.5, 0.6) is 0 Å². The molecule has 398 valence electrons. The molecule has 0 N–H and O–H groups in total. The molecule has 80 heavy (non-hydrogen) atoms. The van der Waals surface area contributed by atoms with Crippen LogP contribution in [0.15, 0.2) is 237 Å². The molecule has 0 saturated heterocycles. The van der Waals surface area contributed by atoms with E-state index in [9.17, 15) is 0 Å². The summed E-state index contributed by atoms with van der Waals surface area (Å²) in [5, 5.41) is 3.35. The zero-order valence-electron chi connectivity index (χ0n) is 41.4. The first-order valence-corrected chi connectivity index (χ1v) is 25.0. The number of alkyl halides is 12. The van der Waals surface area contributed by atoms with Gasteiger partial charge < -0.3 is 9.13 Å². The summed E-state index contributed by atoms with van der Waals surface area (Å²) in [6.45, 7) is 0. The fourth-order valence-corrected chi connectivity index (χ4v) is 11.5. The Morgan fingerprint density at radius 3 is 0.800 bits per heavy atom. The maximum Gasteiger partial charge on any atom is 0.411 e. The summed E-state index contributed by atoms with van der Waals surface area (Å²) in [6, 6.07) is 56.1. The topological polar surface area (TPSA) is 22.8 Å². The van der Waals surface area contributed by atoms with Crippen molar-refractivity contribution in [2.24, 2.45) is 0 Å². The first-order valence-electron chi connectivity index (χ1n) is 25.0. The monoisotopic (exact) mass is 1090 g/mol. The minimum absolute atomic E-state index is 0.0281. The fraction of sp³-hybridized carbons (Fsp3) is 0.0923. The highest BCUT2D eigenvalue weighted by Gasteiger charge is 2.73. The molecule has 3 nitrogen and oxygen atoms in total. The number of fused-ring (bicyclic) bond motifs is 6. The molecule has 3 heterocycles. The van der Waals surface area contributed by atoms with Crippen molar-refractivity contribution in [2.45, 2.75) is 35.5 Å². The highest BCUT2D eigenvalue weighted by Crippen LogP contribution is 2.58. The Morgan fingerprint density at radius 1 is 0.250 bits per heavy atom. The number of halogens is 12. The van der Waals surface area contributed by atoms with Crippen LogP contribution in [0.2, 0.25) is 0 Å². The van der Waals surface area contributed by atoms with Gasteiger partial charge in [0.2, 0.25) is 10.8 Å². The first-order chi connectivity index (χ1) is 38.2. The molecular weight excluding hydrogens is 1050 g/mol. The molecule has 0 unspecified atom stereocenters. The van der Waals surface area contributed by atoms with Crippen LogP contribution in [0.1, 0.15) is 22.3 Å². The van der Waals surface area contributed by atoms with Crippen LogP contribution in [0.4, 0.5) is 52.7 Å². The van der Waals surface area contributed by atoms with Crippen molar-refractivity contribution in [3.05, 3.63) is 259 Å². The van der Waals surface area contributed by atoms with E-state index in [1.54, 1.807) is 88.0 Å². The molecular formula is C65H39F12N3. The minimum Gasteiger partial charge on any atom is -0.309 e. The van der Waals surface area contributed by atoms with Gasteiger partial charge in [-0.2, -0.15) is 52.7 Å². The van der Waals surface area contributed by atoms with Crippen LogP contribution in [-0.4, -0.2) is 38.8 Å². The summed E-state index contributed by atoms with van der Waals surface area (Å²) in [6.07, 6.45) is -23.7. The zero-order chi connectivity index (χ0) is 56.0. The van der Waals surface area contributed by atoms with Gasteiger partial charge in [-0.05, 0) is 94.0 Å². The molecule has 12 aromatic rings. The molecule has 0 bridgehead atoms. The maximum atomic E-state index is 15.6. The van der Waals surface area contributed by atoms with Crippen molar-refractivity contribution in [2.75, 3.05) is 0 Å². The lowest BCUT2D eigenvalue weighted by molar-refractivity contribution is -0.290. The van der Waals surface area contributed by atoms with Crippen LogP contribution >= 0.6 is 0 Å². The van der Waals surface area contributed by atoms with E-state index in [-0.39, 0.29) is 22.5 Å². The third-order valence-electron chi connectivity index (χ3n) is 15.1. The van der Waals surface area contributed by atoms with E-state index in [2.05, 4.69) is 4.98 Å². The molecule has 0 radical (unpaired) electrons. The lowest BCUT2D eigenvalue weighted by atomic mass is 9.72. The van der Waals surface area contributed by atoms with E-state index in [4.69, 9.17) is 0 Å². The zero-order valence-corrected chi connectivity index (χ0v) is 41.4. The molecule has 3 aromatic heterocycles. The van der Waals surface area contributed by atoms with Crippen molar-refractivity contribution in [3.63, 3.8) is 0 Å². The second kappa shape index (κ2) is 18.8. The van der Waals surface area contributed by atoms with Crippen LogP contribution in [-0.2, 0) is 10.8 Å². The Labute approximate surface area is 448 Å². The average molecular weight is 1090 g/mol. The maximum absolute atomic E-state index is 15.6. The van der Waals surface area contributed by atoms with Gasteiger partial charge in [-0.1, -0.05) is 176 Å². The number of pyridine rings is 1. The van der Waals surface area contributed by atoms with Crippen molar-refractivity contribution in [1.82, 2.24) is 14.1 Å². The van der Waals surface area contributed by atoms with E-state index < -0.39 is 57.8 Å². The van der Waals surface area contributed by atoms with E-state index in [0.29, 0.717) is 44.6 Å². The normalized spacial score (nSPS) is 13.0. The summed E-state index contributed by atoms with van der Waals surface area (Å²) in [5.41, 5.74) is -8.87. The van der Waals surface area contributed by atoms with Gasteiger partial charge in [-0.3, -0.25) is 0 Å². The van der Waals surface area contributed by atoms with Gasteiger partial charge in [0, 0.05) is 44.0 Å². The minimum atomic E-state index is -5.92. The number of rotatable bonds is 9. The lowest BCUT2D eigenvalue weighted by Gasteiger charge is -2.38. The van der Waals surface area contributed by atoms with Gasteiger partial charge >= 0.3 is 24.7 Å². The number of hydrogen-bond donors (Lipinski definition) is 0. The van der Waals surface area contributed by atoms with Gasteiger partial charge in [-0.25, -0.2) is 4.98 Å². The van der Waals surface area contributed by atoms with Crippen molar-refractivity contribution in [1.29, 1.82) is 0 Å². The number of nitrogens with zero attached hydrogens (tertiary/aromatic N) is 3. The van der Waals surface area contributed by atoms with Gasteiger partial charge in [0.25, 0.3) is 0 Å². The summed E-state index contributed by atoms with van der Waals surface area (Å²) in [5.74, 6) is 0. The van der Waals surface area contributed by atoms with Crippen molar-refractivity contribution < 1.29 is 52.7 Å². The number of aromatic nitrogens is 3. The summed E-state index contributed by atoms with van der Waals surface area (Å²) >= 11 is 0. The molecule has 0 aliphatic carbocycles. The Balaban J connectivity index is 0.927. The molecule has 0 atom stereocenters. The Bertz CT molecular complexity index is 3880. The summed E-state index contributed by atoms with van der Waals surface area (Å²) in [7, 11) is 0. The lowest BCUT2D eigenvalue weighted by Crippen LogP contribution is -2.54. The van der Waals surface area contributed by atoms with Crippen LogP contribution in [0, 0.1) is 0 Å². The molecule has 0 saturated carbocycles. The number of hydrogen-bond acceptors (Lipinski definition) is 1. The van der Waals surface area contributed by atoms with Crippen molar-refractivity contribution >= 4 is 43.6 Å². The van der Waals surface area contributed by atoms with E-state index in [0.717, 1.165) is 94.3 Å². The molecule has 9 aromatic carbocycles. The molecule has 0 aliphatic heterocycles. The Hall–Kier alpha value is -9.11. The van der Waals surface area contributed by atoms with E-state index in [1.165, 1.54) is 36.4 Å². The standard InChI is InChI=1S/C65H39F12N3/c66-62(67,68)60(63(69,70)71,46-30-34-48(35-31-46)79-56-18-8-4-14-50(56)51-15-5-9-19-57(51)79)44-26-22-41(23-27-44)54-38-43(40-12-2-1-3-13-40)39-55(78-54)42-24-28-45(29-25-42)61(64(72,73)74,65(75,76)77)47-32-36-49(37-33-47)80-58-20-10-6-16-52(58)53-17-7-11-21-59(53)80/h1-39H. The summed E-state index contributed by atoms with van der Waals surface area (Å²) in [4.78, 5) is 4.66. The quantitative estimate of drug-likeness (QED) is 0.132. The van der Waals surface area contributed by atoms with Gasteiger partial charge in [0.15, 0.2) is 0 Å². The highest BCUT2D eigenvalue weighted by molar-refractivity contribution is 6.10. The van der Waals surface area contributed by atoms with Gasteiger partial charge in [0.1, 0.15) is 0 Å². The molecule has 15 heteroatoms. The summed E-state index contributed by atoms with van der Waals surface area (Å²) < 4.78 is 190. The smallest absolute Gasteiger partial charge is 0.309 e. The van der Waals surface area contributed by atoms with E-state index >= 15 is 52.7 Å². The number of para-hydroxylation sites is 4. The van der Waals surface area contributed by atoms with Gasteiger partial charge in [-0.15, -0.1) is 0 Å². The van der Waals surface area contributed by atoms with E-state index in [1.807, 2.05) is 48.5 Å². The first kappa shape index (κ1) is 51.6. The van der Waals surface area contributed by atoms with Crippen LogP contribution < -0.4 is 0 Å². The fourth-order valence-electron chi connectivity index (χ4n) is 11.5. The second-order valence-electron chi connectivity index (χ2n) is 19.5. The molecule has 0 spiro atoms. The predicted octanol–water partition coefficient (Wildman–Crippen LogP) is 19.1. The molecule has 0 fully saturated rings. The SMILES string of the molecule is FC(F)(F)C(c1ccc(-c2cc(-c3ccccc3)cc(-c3ccc(C(c4ccc(-n5c6ccccc6c6ccccc65)cc4)(C(F)(F)F)C(F)(F)F)cc3)n2)cc1)(c1ccc(-n2c3ccccc3c3ccccc32)cc1)C(F)(F)F. The Morgan fingerprint density at radius 2 is 0.512 bits per heavy atom. The van der Waals surface area contributed by atoms with Crippen molar-refractivity contribution in [3.8, 4) is 45.0 Å². The largest absolute Gasteiger partial charge is 0.411 e. The third-order valence-corrected chi connectivity index (χ3v) is 15.1. The third kappa shape index (κ3) is 8.03. The molecule has 0 aliphatic rings.